The van der Waals surface area contributed by atoms with Crippen molar-refractivity contribution in [1.29, 1.82) is 0 Å². The van der Waals surface area contributed by atoms with Gasteiger partial charge in [-0.2, -0.15) is 9.38 Å². The van der Waals surface area contributed by atoms with E-state index in [0.29, 0.717) is 24.6 Å². The monoisotopic (exact) mass is 387 g/mol. The molecule has 1 aliphatic rings. The topological polar surface area (TPSA) is 79.5 Å². The number of benzene rings is 1. The van der Waals surface area contributed by atoms with Gasteiger partial charge in [-0.3, -0.25) is 0 Å². The average Bonchev–Trinajstić information content (AvgIpc) is 3.35. The van der Waals surface area contributed by atoms with E-state index in [0.717, 1.165) is 12.8 Å². The van der Waals surface area contributed by atoms with Crippen LogP contribution in [-0.2, 0) is 6.42 Å². The zero-order valence-electron chi connectivity index (χ0n) is 16.1. The summed E-state index contributed by atoms with van der Waals surface area (Å²) in [4.78, 5) is 21.3. The molecule has 146 valence electrons. The molecular weight excluding hydrogens is 366 g/mol. The predicted octanol–water partition coefficient (Wildman–Crippen LogP) is 4.58. The third kappa shape index (κ3) is 2.77. The lowest BCUT2D eigenvalue weighted by molar-refractivity contribution is -0.389. The maximum Gasteiger partial charge on any atom is 0.372 e. The fourth-order valence-electron chi connectivity index (χ4n) is 4.24. The molecule has 0 atom stereocenters. The number of aryl methyl sites for hydroxylation is 1. The molecule has 4 heterocycles. The van der Waals surface area contributed by atoms with Crippen LogP contribution >= 0.6 is 0 Å². The van der Waals surface area contributed by atoms with E-state index in [1.165, 1.54) is 27.6 Å². The summed E-state index contributed by atoms with van der Waals surface area (Å²) in [5.74, 6) is 0.459. The number of para-hydroxylation sites is 1. The van der Waals surface area contributed by atoms with E-state index in [1.807, 2.05) is 11.0 Å². The number of imidazole rings is 1. The second-order valence-electron chi connectivity index (χ2n) is 7.27. The molecule has 3 aromatic heterocycles. The first-order chi connectivity index (χ1) is 14.2. The molecule has 0 radical (unpaired) electrons. The third-order valence-corrected chi connectivity index (χ3v) is 5.70. The standard InChI is InChI=1S/C22H21N5O2/c1-2-15-6-5-7-17-18(14-23-20(15)17)16-9-12-25(13-10-16)21-22(27(28)29)26-11-4-3-8-19(26)24-21/h3-9,11,14,23H,2,10,12-13H2,1H3. The number of rotatable bonds is 4. The summed E-state index contributed by atoms with van der Waals surface area (Å²) in [6, 6.07) is 11.8. The van der Waals surface area contributed by atoms with Crippen LogP contribution in [0.1, 0.15) is 24.5 Å². The predicted molar refractivity (Wildman–Crippen MR) is 114 cm³/mol. The highest BCUT2D eigenvalue weighted by molar-refractivity contribution is 5.94. The third-order valence-electron chi connectivity index (χ3n) is 5.70. The van der Waals surface area contributed by atoms with Gasteiger partial charge in [-0.05, 0) is 35.0 Å². The minimum Gasteiger partial charge on any atom is -0.360 e. The summed E-state index contributed by atoms with van der Waals surface area (Å²) in [5.41, 5.74) is 5.59. The van der Waals surface area contributed by atoms with Crippen LogP contribution in [0.4, 0.5) is 11.6 Å². The molecule has 29 heavy (non-hydrogen) atoms. The molecule has 7 nitrogen and oxygen atoms in total. The van der Waals surface area contributed by atoms with Crippen LogP contribution in [-0.4, -0.2) is 32.4 Å². The van der Waals surface area contributed by atoms with Crippen molar-refractivity contribution in [2.45, 2.75) is 19.8 Å². The Morgan fingerprint density at radius 3 is 2.90 bits per heavy atom. The lowest BCUT2D eigenvalue weighted by atomic mass is 9.97. The molecular formula is C22H21N5O2. The molecule has 1 aromatic carbocycles. The Bertz CT molecular complexity index is 1270. The number of fused-ring (bicyclic) bond motifs is 2. The second-order valence-corrected chi connectivity index (χ2v) is 7.27. The maximum atomic E-state index is 11.7. The van der Waals surface area contributed by atoms with Gasteiger partial charge in [0.15, 0.2) is 0 Å². The number of H-pyrrole nitrogens is 1. The summed E-state index contributed by atoms with van der Waals surface area (Å²) in [7, 11) is 0. The summed E-state index contributed by atoms with van der Waals surface area (Å²) in [5, 5.41) is 12.9. The first kappa shape index (κ1) is 17.5. The van der Waals surface area contributed by atoms with Crippen LogP contribution in [0, 0.1) is 10.1 Å². The lowest BCUT2D eigenvalue weighted by Gasteiger charge is -2.26. The first-order valence-electron chi connectivity index (χ1n) is 9.82. The molecule has 1 N–H and O–H groups in total. The number of nitrogens with zero attached hydrogens (tertiary/aromatic N) is 4. The van der Waals surface area contributed by atoms with Crippen LogP contribution in [0.2, 0.25) is 0 Å². The van der Waals surface area contributed by atoms with Crippen molar-refractivity contribution in [2.75, 3.05) is 18.0 Å². The highest BCUT2D eigenvalue weighted by Gasteiger charge is 2.28. The molecule has 1 aliphatic heterocycles. The van der Waals surface area contributed by atoms with E-state index in [4.69, 9.17) is 0 Å². The van der Waals surface area contributed by atoms with Crippen LogP contribution in [0.5, 0.6) is 0 Å². The van der Waals surface area contributed by atoms with Gasteiger partial charge < -0.3 is 20.0 Å². The highest BCUT2D eigenvalue weighted by Crippen LogP contribution is 2.34. The van der Waals surface area contributed by atoms with Gasteiger partial charge in [-0.25, -0.2) is 0 Å². The number of hydrogen-bond acceptors (Lipinski definition) is 4. The number of anilines is 1. The fraction of sp³-hybridized carbons (Fsp3) is 0.227. The Morgan fingerprint density at radius 1 is 1.24 bits per heavy atom. The van der Waals surface area contributed by atoms with E-state index < -0.39 is 0 Å². The van der Waals surface area contributed by atoms with Gasteiger partial charge in [0.1, 0.15) is 0 Å². The van der Waals surface area contributed by atoms with Crippen LogP contribution in [0.3, 0.4) is 0 Å². The van der Waals surface area contributed by atoms with Crippen molar-refractivity contribution in [3.8, 4) is 0 Å². The molecule has 0 bridgehead atoms. The largest absolute Gasteiger partial charge is 0.372 e. The van der Waals surface area contributed by atoms with E-state index in [2.05, 4.69) is 47.4 Å². The zero-order chi connectivity index (χ0) is 20.0. The van der Waals surface area contributed by atoms with Crippen LogP contribution in [0.25, 0.3) is 22.1 Å². The Hall–Kier alpha value is -3.61. The van der Waals surface area contributed by atoms with Gasteiger partial charge in [0.05, 0.1) is 6.20 Å². The highest BCUT2D eigenvalue weighted by atomic mass is 16.6. The van der Waals surface area contributed by atoms with E-state index in [1.54, 1.807) is 22.7 Å². The SMILES string of the molecule is CCc1cccc2c(C3=CCN(c4nc5ccccn5c4[N+](=O)[O-])CC3)c[nH]c12. The van der Waals surface area contributed by atoms with Crippen molar-refractivity contribution in [3.05, 3.63) is 76.1 Å². The first-order valence-corrected chi connectivity index (χ1v) is 9.82. The number of aromatic nitrogens is 3. The van der Waals surface area contributed by atoms with Crippen LogP contribution < -0.4 is 4.90 Å². The number of aromatic amines is 1. The quantitative estimate of drug-likeness (QED) is 0.411. The number of pyridine rings is 1. The smallest absolute Gasteiger partial charge is 0.360 e. The number of nitro groups is 1. The maximum absolute atomic E-state index is 11.7. The normalized spacial score (nSPS) is 14.5. The molecule has 0 unspecified atom stereocenters. The molecule has 0 saturated heterocycles. The summed E-state index contributed by atoms with van der Waals surface area (Å²) in [6.45, 7) is 3.45. The fourth-order valence-corrected chi connectivity index (χ4v) is 4.24. The van der Waals surface area contributed by atoms with Gasteiger partial charge in [0, 0.05) is 41.8 Å². The van der Waals surface area contributed by atoms with Gasteiger partial charge >= 0.3 is 5.82 Å². The van der Waals surface area contributed by atoms with E-state index >= 15 is 0 Å². The van der Waals surface area contributed by atoms with Gasteiger partial charge in [0.25, 0.3) is 0 Å². The minimum absolute atomic E-state index is 0.0251. The Morgan fingerprint density at radius 2 is 2.14 bits per heavy atom. The molecule has 5 rings (SSSR count). The molecule has 4 aromatic rings. The molecule has 0 spiro atoms. The average molecular weight is 387 g/mol. The zero-order valence-corrected chi connectivity index (χ0v) is 16.1. The van der Waals surface area contributed by atoms with Crippen LogP contribution in [0.15, 0.2) is 54.9 Å². The summed E-state index contributed by atoms with van der Waals surface area (Å²) < 4.78 is 1.54. The van der Waals surface area contributed by atoms with Crippen molar-refractivity contribution in [3.63, 3.8) is 0 Å². The Kier molecular flexibility index (Phi) is 4.08. The lowest BCUT2D eigenvalue weighted by Crippen LogP contribution is -2.29. The van der Waals surface area contributed by atoms with Gasteiger partial charge in [-0.1, -0.05) is 37.3 Å². The van der Waals surface area contributed by atoms with Crippen molar-refractivity contribution in [1.82, 2.24) is 14.4 Å². The second kappa shape index (κ2) is 6.77. The van der Waals surface area contributed by atoms with Crippen molar-refractivity contribution >= 4 is 33.8 Å². The van der Waals surface area contributed by atoms with Gasteiger partial charge in [-0.15, -0.1) is 0 Å². The molecule has 7 heteroatoms. The van der Waals surface area contributed by atoms with Crippen molar-refractivity contribution in [2.24, 2.45) is 0 Å². The molecule has 0 aliphatic carbocycles. The van der Waals surface area contributed by atoms with Gasteiger partial charge in [0.2, 0.25) is 11.5 Å². The van der Waals surface area contributed by atoms with E-state index in [9.17, 15) is 10.1 Å². The molecule has 0 amide bonds. The van der Waals surface area contributed by atoms with Crippen molar-refractivity contribution < 1.29 is 4.92 Å². The summed E-state index contributed by atoms with van der Waals surface area (Å²) >= 11 is 0. The Labute approximate surface area is 167 Å². The Balaban J connectivity index is 1.50. The number of nitrogens with one attached hydrogen (secondary N) is 1. The summed E-state index contributed by atoms with van der Waals surface area (Å²) in [6.07, 6.45) is 7.74. The minimum atomic E-state index is -0.347. The van der Waals surface area contributed by atoms with E-state index in [-0.39, 0.29) is 10.7 Å². The molecule has 0 fully saturated rings. The number of hydrogen-bond donors (Lipinski definition) is 1. The molecule has 0 saturated carbocycles.